The maximum atomic E-state index is 6.24. The second kappa shape index (κ2) is 7.37. The van der Waals surface area contributed by atoms with E-state index in [2.05, 4.69) is 119 Å². The average molecular weight is 406 g/mol. The zero-order valence-electron chi connectivity index (χ0n) is 18.6. The average Bonchev–Trinajstić information content (AvgIpc) is 3.00. The molecule has 4 aromatic rings. The maximum Gasteiger partial charge on any atom is 0.494 e. The summed E-state index contributed by atoms with van der Waals surface area (Å²) in [5.74, 6) is 0. The first kappa shape index (κ1) is 20.1. The van der Waals surface area contributed by atoms with Gasteiger partial charge >= 0.3 is 7.12 Å². The first-order valence-corrected chi connectivity index (χ1v) is 10.9. The zero-order valence-corrected chi connectivity index (χ0v) is 18.6. The smallest absolute Gasteiger partial charge is 0.399 e. The first-order valence-electron chi connectivity index (χ1n) is 10.9. The summed E-state index contributed by atoms with van der Waals surface area (Å²) in [6, 6.07) is 32.3. The van der Waals surface area contributed by atoms with E-state index in [1.54, 1.807) is 0 Å². The quantitative estimate of drug-likeness (QED) is 0.363. The summed E-state index contributed by atoms with van der Waals surface area (Å²) in [6.07, 6.45) is 0. The van der Waals surface area contributed by atoms with E-state index >= 15 is 0 Å². The Morgan fingerprint density at radius 2 is 1.19 bits per heavy atom. The third-order valence-electron chi connectivity index (χ3n) is 6.74. The molecule has 0 atom stereocenters. The molecule has 1 fully saturated rings. The molecule has 0 bridgehead atoms. The van der Waals surface area contributed by atoms with Crippen molar-refractivity contribution in [3.8, 4) is 22.3 Å². The van der Waals surface area contributed by atoms with Gasteiger partial charge in [-0.15, -0.1) is 0 Å². The topological polar surface area (TPSA) is 18.5 Å². The fraction of sp³-hybridized carbons (Fsp3) is 0.214. The van der Waals surface area contributed by atoms with E-state index in [0.717, 1.165) is 5.46 Å². The molecule has 1 heterocycles. The van der Waals surface area contributed by atoms with Crippen LogP contribution in [0.15, 0.2) is 91.0 Å². The van der Waals surface area contributed by atoms with Crippen LogP contribution in [0.1, 0.15) is 27.7 Å². The SMILES string of the molecule is CC1(C)OB(c2ccc(-c3c(-c4ccccc4)ccc4ccccc34)cc2)OC1(C)C. The summed E-state index contributed by atoms with van der Waals surface area (Å²) in [5.41, 5.74) is 5.27. The zero-order chi connectivity index (χ0) is 21.6. The van der Waals surface area contributed by atoms with Gasteiger partial charge in [0.1, 0.15) is 0 Å². The molecule has 0 aromatic heterocycles. The lowest BCUT2D eigenvalue weighted by molar-refractivity contribution is 0.00578. The Hall–Kier alpha value is -2.88. The molecule has 3 heteroatoms. The van der Waals surface area contributed by atoms with Gasteiger partial charge in [-0.05, 0) is 66.2 Å². The van der Waals surface area contributed by atoms with Crippen LogP contribution in [0, 0.1) is 0 Å². The first-order chi connectivity index (χ1) is 14.9. The fourth-order valence-corrected chi connectivity index (χ4v) is 4.23. The second-order valence-corrected chi connectivity index (χ2v) is 9.29. The predicted octanol–water partition coefficient (Wildman–Crippen LogP) is 6.47. The summed E-state index contributed by atoms with van der Waals surface area (Å²) >= 11 is 0. The van der Waals surface area contributed by atoms with Crippen LogP contribution >= 0.6 is 0 Å². The lowest BCUT2D eigenvalue weighted by Crippen LogP contribution is -2.41. The summed E-state index contributed by atoms with van der Waals surface area (Å²) in [5, 5.41) is 2.50. The van der Waals surface area contributed by atoms with Crippen LogP contribution < -0.4 is 5.46 Å². The monoisotopic (exact) mass is 406 g/mol. The van der Waals surface area contributed by atoms with E-state index in [1.807, 2.05) is 0 Å². The molecule has 1 saturated heterocycles. The van der Waals surface area contributed by atoms with Gasteiger partial charge in [-0.2, -0.15) is 0 Å². The summed E-state index contributed by atoms with van der Waals surface area (Å²) < 4.78 is 12.5. The van der Waals surface area contributed by atoms with Crippen LogP contribution in [-0.4, -0.2) is 18.3 Å². The van der Waals surface area contributed by atoms with Crippen LogP contribution in [0.3, 0.4) is 0 Å². The van der Waals surface area contributed by atoms with Crippen LogP contribution in [0.2, 0.25) is 0 Å². The van der Waals surface area contributed by atoms with Crippen molar-refractivity contribution in [2.45, 2.75) is 38.9 Å². The number of fused-ring (bicyclic) bond motifs is 1. The highest BCUT2D eigenvalue weighted by Crippen LogP contribution is 2.39. The van der Waals surface area contributed by atoms with Crippen molar-refractivity contribution < 1.29 is 9.31 Å². The second-order valence-electron chi connectivity index (χ2n) is 9.29. The molecule has 0 saturated carbocycles. The van der Waals surface area contributed by atoms with Crippen molar-refractivity contribution in [1.29, 1.82) is 0 Å². The molecule has 5 rings (SSSR count). The lowest BCUT2D eigenvalue weighted by Gasteiger charge is -2.32. The lowest BCUT2D eigenvalue weighted by atomic mass is 9.78. The van der Waals surface area contributed by atoms with Gasteiger partial charge in [0.25, 0.3) is 0 Å². The van der Waals surface area contributed by atoms with Gasteiger partial charge in [-0.25, -0.2) is 0 Å². The molecule has 0 unspecified atom stereocenters. The van der Waals surface area contributed by atoms with Crippen molar-refractivity contribution in [3.63, 3.8) is 0 Å². The van der Waals surface area contributed by atoms with Gasteiger partial charge in [-0.1, -0.05) is 91.0 Å². The molecule has 154 valence electrons. The Bertz CT molecular complexity index is 1210. The number of benzene rings is 4. The van der Waals surface area contributed by atoms with Gasteiger partial charge in [0.15, 0.2) is 0 Å². The van der Waals surface area contributed by atoms with Gasteiger partial charge in [0.2, 0.25) is 0 Å². The predicted molar refractivity (Wildman–Crippen MR) is 131 cm³/mol. The van der Waals surface area contributed by atoms with Gasteiger partial charge in [0, 0.05) is 0 Å². The van der Waals surface area contributed by atoms with E-state index in [-0.39, 0.29) is 18.3 Å². The van der Waals surface area contributed by atoms with Crippen molar-refractivity contribution in [3.05, 3.63) is 91.0 Å². The molecular weight excluding hydrogens is 379 g/mol. The molecule has 0 N–H and O–H groups in total. The molecule has 1 aliphatic rings. The Morgan fingerprint density at radius 3 is 1.87 bits per heavy atom. The Labute approximate surface area is 185 Å². The van der Waals surface area contributed by atoms with Crippen molar-refractivity contribution >= 4 is 23.4 Å². The normalized spacial score (nSPS) is 17.2. The van der Waals surface area contributed by atoms with Crippen LogP contribution in [-0.2, 0) is 9.31 Å². The van der Waals surface area contributed by atoms with E-state index in [4.69, 9.17) is 9.31 Å². The van der Waals surface area contributed by atoms with Gasteiger partial charge in [0.05, 0.1) is 11.2 Å². The Morgan fingerprint density at radius 1 is 0.581 bits per heavy atom. The standard InChI is InChI=1S/C28H27BO2/c1-27(2)28(3,4)31-29(30-27)23-17-14-22(15-18-23)26-24-13-9-8-12-21(24)16-19-25(26)20-10-6-5-7-11-20/h5-19H,1-4H3. The van der Waals surface area contributed by atoms with Crippen LogP contribution in [0.5, 0.6) is 0 Å². The van der Waals surface area contributed by atoms with E-state index < -0.39 is 0 Å². The minimum Gasteiger partial charge on any atom is -0.399 e. The van der Waals surface area contributed by atoms with Crippen molar-refractivity contribution in [2.24, 2.45) is 0 Å². The minimum atomic E-state index is -0.347. The van der Waals surface area contributed by atoms with Crippen LogP contribution in [0.4, 0.5) is 0 Å². The van der Waals surface area contributed by atoms with Gasteiger partial charge in [-0.3, -0.25) is 0 Å². The number of hydrogen-bond donors (Lipinski definition) is 0. The minimum absolute atomic E-state index is 0.341. The van der Waals surface area contributed by atoms with E-state index in [1.165, 1.54) is 33.0 Å². The van der Waals surface area contributed by atoms with Crippen molar-refractivity contribution in [1.82, 2.24) is 0 Å². The maximum absolute atomic E-state index is 6.24. The third kappa shape index (κ3) is 3.48. The van der Waals surface area contributed by atoms with Gasteiger partial charge < -0.3 is 9.31 Å². The highest BCUT2D eigenvalue weighted by Gasteiger charge is 2.51. The summed E-state index contributed by atoms with van der Waals surface area (Å²) in [7, 11) is -0.347. The molecule has 1 aliphatic heterocycles. The largest absolute Gasteiger partial charge is 0.494 e. The van der Waals surface area contributed by atoms with Crippen LogP contribution in [0.25, 0.3) is 33.0 Å². The Balaban J connectivity index is 1.60. The molecular formula is C28H27BO2. The fourth-order valence-electron chi connectivity index (χ4n) is 4.23. The number of hydrogen-bond acceptors (Lipinski definition) is 2. The molecule has 2 nitrogen and oxygen atoms in total. The summed E-state index contributed by atoms with van der Waals surface area (Å²) in [6.45, 7) is 8.35. The van der Waals surface area contributed by atoms with E-state index in [0.29, 0.717) is 0 Å². The third-order valence-corrected chi connectivity index (χ3v) is 6.74. The molecule has 0 amide bonds. The molecule has 4 aromatic carbocycles. The van der Waals surface area contributed by atoms with E-state index in [9.17, 15) is 0 Å². The highest BCUT2D eigenvalue weighted by atomic mass is 16.7. The highest BCUT2D eigenvalue weighted by molar-refractivity contribution is 6.62. The summed E-state index contributed by atoms with van der Waals surface area (Å²) in [4.78, 5) is 0. The van der Waals surface area contributed by atoms with Crippen molar-refractivity contribution in [2.75, 3.05) is 0 Å². The molecule has 0 spiro atoms. The molecule has 0 aliphatic carbocycles. The number of rotatable bonds is 3. The molecule has 31 heavy (non-hydrogen) atoms. The molecule has 0 radical (unpaired) electrons. The Kier molecular flexibility index (Phi) is 4.77.